The molecular formula is C21H22FN3O2S. The molecular weight excluding hydrogens is 377 g/mol. The van der Waals surface area contributed by atoms with Gasteiger partial charge in [-0.3, -0.25) is 14.3 Å². The van der Waals surface area contributed by atoms with Gasteiger partial charge in [-0.25, -0.2) is 9.07 Å². The van der Waals surface area contributed by atoms with Gasteiger partial charge < -0.3 is 5.32 Å². The van der Waals surface area contributed by atoms with E-state index < -0.39 is 0 Å². The van der Waals surface area contributed by atoms with E-state index >= 15 is 0 Å². The molecule has 0 saturated heterocycles. The summed E-state index contributed by atoms with van der Waals surface area (Å²) in [5.41, 5.74) is 2.50. The zero-order chi connectivity index (χ0) is 20.1. The first kappa shape index (κ1) is 19.9. The van der Waals surface area contributed by atoms with Crippen molar-refractivity contribution in [3.8, 4) is 5.69 Å². The molecule has 1 aromatic heterocycles. The number of carbonyl (C=O) groups is 1. The van der Waals surface area contributed by atoms with Gasteiger partial charge in [0, 0.05) is 25.0 Å². The average molecular weight is 399 g/mol. The molecule has 1 heterocycles. The Hall–Kier alpha value is -2.80. The van der Waals surface area contributed by atoms with Crippen molar-refractivity contribution >= 4 is 23.4 Å². The van der Waals surface area contributed by atoms with Crippen LogP contribution in [-0.2, 0) is 17.6 Å². The van der Waals surface area contributed by atoms with Crippen molar-refractivity contribution in [2.24, 2.45) is 7.05 Å². The number of rotatable bonds is 7. The minimum absolute atomic E-state index is 0.197. The molecule has 0 aliphatic heterocycles. The van der Waals surface area contributed by atoms with E-state index in [0.717, 1.165) is 11.3 Å². The number of anilines is 1. The van der Waals surface area contributed by atoms with Crippen molar-refractivity contribution in [3.05, 3.63) is 82.0 Å². The van der Waals surface area contributed by atoms with E-state index in [1.807, 2.05) is 30.3 Å². The van der Waals surface area contributed by atoms with Crippen molar-refractivity contribution in [2.75, 3.05) is 11.1 Å². The lowest BCUT2D eigenvalue weighted by Crippen LogP contribution is -2.23. The summed E-state index contributed by atoms with van der Waals surface area (Å²) >= 11 is 1.59. The molecule has 0 fully saturated rings. The maximum absolute atomic E-state index is 12.9. The van der Waals surface area contributed by atoms with Crippen LogP contribution in [0.4, 0.5) is 10.1 Å². The SMILES string of the molecule is Cc1c(NC(=O)CCSCc2ccc(F)cc2)c(=O)n(-c2ccccc2)n1C. The molecule has 5 nitrogen and oxygen atoms in total. The van der Waals surface area contributed by atoms with Crippen LogP contribution < -0.4 is 10.9 Å². The maximum Gasteiger partial charge on any atom is 0.295 e. The number of hydrogen-bond acceptors (Lipinski definition) is 3. The molecule has 0 bridgehead atoms. The van der Waals surface area contributed by atoms with E-state index in [4.69, 9.17) is 0 Å². The van der Waals surface area contributed by atoms with Crippen LogP contribution in [0.2, 0.25) is 0 Å². The van der Waals surface area contributed by atoms with Crippen LogP contribution in [0.3, 0.4) is 0 Å². The molecule has 0 spiro atoms. The summed E-state index contributed by atoms with van der Waals surface area (Å²) in [6.45, 7) is 1.81. The van der Waals surface area contributed by atoms with E-state index in [1.165, 1.54) is 16.8 Å². The Labute approximate surface area is 167 Å². The number of amides is 1. The number of halogens is 1. The van der Waals surface area contributed by atoms with Gasteiger partial charge in [-0.15, -0.1) is 0 Å². The van der Waals surface area contributed by atoms with Gasteiger partial charge in [-0.2, -0.15) is 11.8 Å². The van der Waals surface area contributed by atoms with E-state index in [0.29, 0.717) is 29.3 Å². The minimum atomic E-state index is -0.257. The van der Waals surface area contributed by atoms with Gasteiger partial charge in [-0.1, -0.05) is 30.3 Å². The van der Waals surface area contributed by atoms with Gasteiger partial charge in [0.2, 0.25) is 5.91 Å². The molecule has 0 atom stereocenters. The van der Waals surface area contributed by atoms with Crippen molar-refractivity contribution in [1.82, 2.24) is 9.36 Å². The summed E-state index contributed by atoms with van der Waals surface area (Å²) < 4.78 is 16.2. The normalized spacial score (nSPS) is 10.8. The van der Waals surface area contributed by atoms with Crippen molar-refractivity contribution < 1.29 is 9.18 Å². The second kappa shape index (κ2) is 8.93. The molecule has 1 amide bonds. The number of nitrogens with zero attached hydrogens (tertiary/aromatic N) is 2. The van der Waals surface area contributed by atoms with Gasteiger partial charge >= 0.3 is 0 Å². The highest BCUT2D eigenvalue weighted by Crippen LogP contribution is 2.16. The fourth-order valence-corrected chi connectivity index (χ4v) is 3.75. The Balaban J connectivity index is 1.60. The molecule has 7 heteroatoms. The maximum atomic E-state index is 12.9. The van der Waals surface area contributed by atoms with Crippen molar-refractivity contribution in [1.29, 1.82) is 0 Å². The molecule has 0 saturated carbocycles. The first-order valence-corrected chi connectivity index (χ1v) is 10.1. The molecule has 0 unspecified atom stereocenters. The average Bonchev–Trinajstić information content (AvgIpc) is 2.90. The monoisotopic (exact) mass is 399 g/mol. The fraction of sp³-hybridized carbons (Fsp3) is 0.238. The Morgan fingerprint density at radius 2 is 1.79 bits per heavy atom. The predicted molar refractivity (Wildman–Crippen MR) is 112 cm³/mol. The van der Waals surface area contributed by atoms with Crippen LogP contribution in [0.5, 0.6) is 0 Å². The molecule has 1 N–H and O–H groups in total. The molecule has 0 radical (unpaired) electrons. The Bertz CT molecular complexity index is 1010. The number of carbonyl (C=O) groups excluding carboxylic acids is 1. The van der Waals surface area contributed by atoms with Crippen molar-refractivity contribution in [3.63, 3.8) is 0 Å². The number of benzene rings is 2. The lowest BCUT2D eigenvalue weighted by atomic mass is 10.2. The summed E-state index contributed by atoms with van der Waals surface area (Å²) in [4.78, 5) is 25.1. The summed E-state index contributed by atoms with van der Waals surface area (Å²) in [6.07, 6.45) is 0.297. The summed E-state index contributed by atoms with van der Waals surface area (Å²) in [7, 11) is 1.79. The lowest BCUT2D eigenvalue weighted by Gasteiger charge is -2.07. The molecule has 28 heavy (non-hydrogen) atoms. The second-order valence-corrected chi connectivity index (χ2v) is 7.52. The van der Waals surface area contributed by atoms with Crippen LogP contribution in [0.25, 0.3) is 5.69 Å². The number of thioether (sulfide) groups is 1. The van der Waals surface area contributed by atoms with Crippen LogP contribution in [0, 0.1) is 12.7 Å². The molecule has 0 aliphatic rings. The Kier molecular flexibility index (Phi) is 6.36. The first-order chi connectivity index (χ1) is 13.5. The van der Waals surface area contributed by atoms with Crippen LogP contribution in [-0.4, -0.2) is 21.0 Å². The van der Waals surface area contributed by atoms with Gasteiger partial charge in [0.15, 0.2) is 0 Å². The number of nitrogens with one attached hydrogen (secondary N) is 1. The smallest absolute Gasteiger partial charge is 0.295 e. The standard InChI is InChI=1S/C21H22FN3O2S/c1-15-20(21(27)25(24(15)2)18-6-4-3-5-7-18)23-19(26)12-13-28-14-16-8-10-17(22)11-9-16/h3-11H,12-14H2,1-2H3,(H,23,26). The molecule has 146 valence electrons. The van der Waals surface area contributed by atoms with Gasteiger partial charge in [0.25, 0.3) is 5.56 Å². The quantitative estimate of drug-likeness (QED) is 0.614. The molecule has 3 aromatic rings. The van der Waals surface area contributed by atoms with Gasteiger partial charge in [0.1, 0.15) is 11.5 Å². The minimum Gasteiger partial charge on any atom is -0.320 e. The van der Waals surface area contributed by atoms with Crippen LogP contribution in [0.1, 0.15) is 17.7 Å². The zero-order valence-electron chi connectivity index (χ0n) is 15.8. The highest BCUT2D eigenvalue weighted by atomic mass is 32.2. The highest BCUT2D eigenvalue weighted by Gasteiger charge is 2.17. The van der Waals surface area contributed by atoms with E-state index in [2.05, 4.69) is 5.32 Å². The molecule has 0 aliphatic carbocycles. The Morgan fingerprint density at radius 1 is 1.11 bits per heavy atom. The third kappa shape index (κ3) is 4.54. The van der Waals surface area contributed by atoms with E-state index in [9.17, 15) is 14.0 Å². The third-order valence-corrected chi connectivity index (χ3v) is 5.50. The van der Waals surface area contributed by atoms with E-state index in [-0.39, 0.29) is 17.3 Å². The van der Waals surface area contributed by atoms with Crippen LogP contribution in [0.15, 0.2) is 59.4 Å². The summed E-state index contributed by atoms with van der Waals surface area (Å²) in [5.74, 6) is 0.867. The fourth-order valence-electron chi connectivity index (χ4n) is 2.85. The molecule has 3 rings (SSSR count). The Morgan fingerprint density at radius 3 is 2.46 bits per heavy atom. The number of hydrogen-bond donors (Lipinski definition) is 1. The lowest BCUT2D eigenvalue weighted by molar-refractivity contribution is -0.115. The zero-order valence-corrected chi connectivity index (χ0v) is 16.6. The number of aromatic nitrogens is 2. The van der Waals surface area contributed by atoms with Crippen LogP contribution >= 0.6 is 11.8 Å². The largest absolute Gasteiger partial charge is 0.320 e. The molecule has 2 aromatic carbocycles. The summed E-state index contributed by atoms with van der Waals surface area (Å²) in [6, 6.07) is 15.6. The topological polar surface area (TPSA) is 56.0 Å². The van der Waals surface area contributed by atoms with Crippen molar-refractivity contribution in [2.45, 2.75) is 19.1 Å². The predicted octanol–water partition coefficient (Wildman–Crippen LogP) is 3.89. The first-order valence-electron chi connectivity index (χ1n) is 8.93. The van der Waals surface area contributed by atoms with Gasteiger partial charge in [0.05, 0.1) is 11.4 Å². The van der Waals surface area contributed by atoms with Gasteiger partial charge in [-0.05, 0) is 36.8 Å². The third-order valence-electron chi connectivity index (χ3n) is 4.47. The highest BCUT2D eigenvalue weighted by molar-refractivity contribution is 7.98. The second-order valence-electron chi connectivity index (χ2n) is 6.41. The van der Waals surface area contributed by atoms with E-state index in [1.54, 1.807) is 42.5 Å². The summed E-state index contributed by atoms with van der Waals surface area (Å²) in [5, 5.41) is 2.76. The number of para-hydroxylation sites is 1.